The summed E-state index contributed by atoms with van der Waals surface area (Å²) in [5.74, 6) is -2.33. The molecular formula is C14H14O6. The Morgan fingerprint density at radius 1 is 1.05 bits per heavy atom. The van der Waals surface area contributed by atoms with Crippen LogP contribution in [0.1, 0.15) is 15.9 Å². The molecule has 1 aliphatic rings. The average Bonchev–Trinajstić information content (AvgIpc) is 3.22. The highest BCUT2D eigenvalue weighted by molar-refractivity contribution is 6.17. The zero-order valence-corrected chi connectivity index (χ0v) is 11.3. The van der Waals surface area contributed by atoms with Crippen molar-refractivity contribution in [1.82, 2.24) is 0 Å². The van der Waals surface area contributed by atoms with Crippen LogP contribution in [0.5, 0.6) is 0 Å². The minimum Gasteiger partial charge on any atom is -0.466 e. The molecule has 1 atom stereocenters. The van der Waals surface area contributed by atoms with Crippen LogP contribution in [0.3, 0.4) is 0 Å². The van der Waals surface area contributed by atoms with E-state index in [9.17, 15) is 14.4 Å². The number of hydrogen-bond acceptors (Lipinski definition) is 6. The fourth-order valence-corrected chi connectivity index (χ4v) is 1.96. The van der Waals surface area contributed by atoms with Gasteiger partial charge in [0.15, 0.2) is 11.9 Å². The highest BCUT2D eigenvalue weighted by atomic mass is 16.7. The molecule has 1 aromatic rings. The minimum absolute atomic E-state index is 0.357. The van der Waals surface area contributed by atoms with E-state index in [2.05, 4.69) is 9.47 Å². The Kier molecular flexibility index (Phi) is 3.59. The molecule has 0 spiro atoms. The summed E-state index contributed by atoms with van der Waals surface area (Å²) < 4.78 is 14.1. The predicted octanol–water partition coefficient (Wildman–Crippen LogP) is 0.661. The van der Waals surface area contributed by atoms with E-state index in [-0.39, 0.29) is 0 Å². The van der Waals surface area contributed by atoms with Crippen molar-refractivity contribution in [2.24, 2.45) is 0 Å². The van der Waals surface area contributed by atoms with Gasteiger partial charge in [0.05, 0.1) is 14.2 Å². The van der Waals surface area contributed by atoms with Crippen LogP contribution >= 0.6 is 0 Å². The number of hydrogen-bond donors (Lipinski definition) is 0. The first-order valence-electron chi connectivity index (χ1n) is 5.93. The van der Waals surface area contributed by atoms with E-state index in [0.29, 0.717) is 5.56 Å². The topological polar surface area (TPSA) is 82.2 Å². The van der Waals surface area contributed by atoms with Crippen molar-refractivity contribution in [3.8, 4) is 0 Å². The molecular weight excluding hydrogens is 264 g/mol. The summed E-state index contributed by atoms with van der Waals surface area (Å²) in [5.41, 5.74) is -0.619. The van der Waals surface area contributed by atoms with Gasteiger partial charge in [-0.3, -0.25) is 4.79 Å². The molecule has 0 amide bonds. The van der Waals surface area contributed by atoms with Gasteiger partial charge in [-0.05, 0) is 6.92 Å². The predicted molar refractivity (Wildman–Crippen MR) is 67.1 cm³/mol. The van der Waals surface area contributed by atoms with Gasteiger partial charge in [-0.1, -0.05) is 29.8 Å². The van der Waals surface area contributed by atoms with E-state index < -0.39 is 29.4 Å². The lowest BCUT2D eigenvalue weighted by atomic mass is 9.98. The summed E-state index contributed by atoms with van der Waals surface area (Å²) >= 11 is 0. The molecule has 0 aliphatic carbocycles. The SMILES string of the molecule is COC(=O)C1(C(=O)OC)OC1C(=O)c1ccc(C)cc1. The van der Waals surface area contributed by atoms with Crippen LogP contribution in [-0.2, 0) is 23.8 Å². The maximum Gasteiger partial charge on any atom is 0.353 e. The molecule has 1 fully saturated rings. The van der Waals surface area contributed by atoms with Crippen molar-refractivity contribution in [1.29, 1.82) is 0 Å². The molecule has 20 heavy (non-hydrogen) atoms. The molecule has 0 saturated carbocycles. The van der Waals surface area contributed by atoms with Gasteiger partial charge in [-0.15, -0.1) is 0 Å². The van der Waals surface area contributed by atoms with Crippen LogP contribution in [0.15, 0.2) is 24.3 Å². The molecule has 0 aromatic heterocycles. The van der Waals surface area contributed by atoms with Crippen LogP contribution in [-0.4, -0.2) is 43.6 Å². The minimum atomic E-state index is -1.97. The third kappa shape index (κ3) is 2.08. The number of epoxide rings is 1. The Balaban J connectivity index is 2.26. The van der Waals surface area contributed by atoms with E-state index in [4.69, 9.17) is 4.74 Å². The maximum atomic E-state index is 12.2. The summed E-state index contributed by atoms with van der Waals surface area (Å²) in [5, 5.41) is 0. The van der Waals surface area contributed by atoms with Gasteiger partial charge < -0.3 is 14.2 Å². The van der Waals surface area contributed by atoms with Crippen LogP contribution in [0.25, 0.3) is 0 Å². The zero-order valence-electron chi connectivity index (χ0n) is 11.3. The Bertz CT molecular complexity index is 544. The lowest BCUT2D eigenvalue weighted by Crippen LogP contribution is -2.40. The van der Waals surface area contributed by atoms with E-state index in [1.807, 2.05) is 6.92 Å². The van der Waals surface area contributed by atoms with Crippen molar-refractivity contribution >= 4 is 17.7 Å². The number of ether oxygens (including phenoxy) is 3. The molecule has 1 aromatic carbocycles. The summed E-state index contributed by atoms with van der Waals surface area (Å²) in [6, 6.07) is 6.73. The Labute approximate surface area is 115 Å². The van der Waals surface area contributed by atoms with Gasteiger partial charge in [-0.25, -0.2) is 9.59 Å². The summed E-state index contributed by atoms with van der Waals surface area (Å²) in [7, 11) is 2.23. The average molecular weight is 278 g/mol. The fraction of sp³-hybridized carbons (Fsp3) is 0.357. The maximum absolute atomic E-state index is 12.2. The number of rotatable bonds is 4. The summed E-state index contributed by atoms with van der Waals surface area (Å²) in [6.07, 6.45) is -1.20. The first kappa shape index (κ1) is 14.2. The third-order valence-corrected chi connectivity index (χ3v) is 3.17. The first-order valence-corrected chi connectivity index (χ1v) is 5.93. The van der Waals surface area contributed by atoms with Gasteiger partial charge >= 0.3 is 11.9 Å². The van der Waals surface area contributed by atoms with Crippen LogP contribution in [0.2, 0.25) is 0 Å². The van der Waals surface area contributed by atoms with Crippen molar-refractivity contribution in [3.05, 3.63) is 35.4 Å². The molecule has 1 saturated heterocycles. The molecule has 0 N–H and O–H groups in total. The molecule has 0 radical (unpaired) electrons. The quantitative estimate of drug-likeness (QED) is 0.348. The van der Waals surface area contributed by atoms with Gasteiger partial charge in [0.1, 0.15) is 0 Å². The Morgan fingerprint density at radius 2 is 1.55 bits per heavy atom. The third-order valence-electron chi connectivity index (χ3n) is 3.17. The monoisotopic (exact) mass is 278 g/mol. The molecule has 1 unspecified atom stereocenters. The smallest absolute Gasteiger partial charge is 0.353 e. The second-order valence-electron chi connectivity index (χ2n) is 4.45. The highest BCUT2D eigenvalue weighted by Gasteiger charge is 2.74. The molecule has 106 valence electrons. The van der Waals surface area contributed by atoms with Crippen molar-refractivity contribution in [2.75, 3.05) is 14.2 Å². The van der Waals surface area contributed by atoms with Crippen LogP contribution in [0.4, 0.5) is 0 Å². The molecule has 2 rings (SSSR count). The fourth-order valence-electron chi connectivity index (χ4n) is 1.96. The second kappa shape index (κ2) is 5.05. The number of Topliss-reactive ketones (excluding diaryl/α,β-unsaturated/α-hetero) is 1. The van der Waals surface area contributed by atoms with Crippen molar-refractivity contribution < 1.29 is 28.6 Å². The molecule has 0 bridgehead atoms. The number of methoxy groups -OCH3 is 2. The van der Waals surface area contributed by atoms with Crippen LogP contribution in [0, 0.1) is 6.92 Å². The second-order valence-corrected chi connectivity index (χ2v) is 4.45. The van der Waals surface area contributed by atoms with Crippen molar-refractivity contribution in [3.63, 3.8) is 0 Å². The lowest BCUT2D eigenvalue weighted by molar-refractivity contribution is -0.160. The van der Waals surface area contributed by atoms with Gasteiger partial charge in [0.25, 0.3) is 5.60 Å². The Morgan fingerprint density at radius 3 is 2.00 bits per heavy atom. The van der Waals surface area contributed by atoms with Crippen LogP contribution < -0.4 is 0 Å². The van der Waals surface area contributed by atoms with E-state index in [0.717, 1.165) is 19.8 Å². The number of carbonyl (C=O) groups is 3. The number of aryl methyl sites for hydroxylation is 1. The van der Waals surface area contributed by atoms with E-state index in [1.54, 1.807) is 24.3 Å². The molecule has 1 heterocycles. The summed E-state index contributed by atoms with van der Waals surface area (Å²) in [6.45, 7) is 1.88. The molecule has 6 heteroatoms. The van der Waals surface area contributed by atoms with E-state index >= 15 is 0 Å². The van der Waals surface area contributed by atoms with E-state index in [1.165, 1.54) is 0 Å². The van der Waals surface area contributed by atoms with Crippen molar-refractivity contribution in [2.45, 2.75) is 18.6 Å². The number of esters is 2. The number of ketones is 1. The number of benzene rings is 1. The largest absolute Gasteiger partial charge is 0.466 e. The normalized spacial score (nSPS) is 19.1. The zero-order chi connectivity index (χ0) is 14.9. The van der Waals surface area contributed by atoms with Gasteiger partial charge in [0, 0.05) is 5.56 Å². The van der Waals surface area contributed by atoms with Gasteiger partial charge in [0.2, 0.25) is 0 Å². The Hall–Kier alpha value is -2.21. The van der Waals surface area contributed by atoms with Gasteiger partial charge in [-0.2, -0.15) is 0 Å². The number of carbonyl (C=O) groups excluding carboxylic acids is 3. The lowest BCUT2D eigenvalue weighted by Gasteiger charge is -2.07. The summed E-state index contributed by atoms with van der Waals surface area (Å²) in [4.78, 5) is 35.6. The first-order chi connectivity index (χ1) is 9.47. The molecule has 6 nitrogen and oxygen atoms in total. The standard InChI is InChI=1S/C14H14O6/c1-8-4-6-9(7-5-8)10(15)11-14(20-11,12(16)18-2)13(17)19-3/h4-7,11H,1-3H3. The molecule has 1 aliphatic heterocycles. The highest BCUT2D eigenvalue weighted by Crippen LogP contribution is 2.41.